The normalized spacial score (nSPS) is 27.2. The molecule has 1 saturated carbocycles. The van der Waals surface area contributed by atoms with Gasteiger partial charge in [-0.3, -0.25) is 4.79 Å². The first kappa shape index (κ1) is 12.7. The van der Waals surface area contributed by atoms with E-state index in [9.17, 15) is 13.2 Å². The third kappa shape index (κ3) is 3.59. The van der Waals surface area contributed by atoms with Gasteiger partial charge in [0.1, 0.15) is 15.6 Å². The average molecular weight is 232 g/mol. The van der Waals surface area contributed by atoms with E-state index in [1.54, 1.807) is 0 Å². The molecule has 0 bridgehead atoms. The van der Waals surface area contributed by atoms with E-state index in [0.29, 0.717) is 31.0 Å². The number of Topliss-reactive ketones (excluding diaryl/α,β-unsaturated/α-hetero) is 1. The first-order valence-corrected chi connectivity index (χ1v) is 7.51. The van der Waals surface area contributed by atoms with Gasteiger partial charge in [-0.15, -0.1) is 0 Å². The Hall–Kier alpha value is -0.380. The quantitative estimate of drug-likeness (QED) is 0.726. The number of hydrogen-bond donors (Lipinski definition) is 0. The van der Waals surface area contributed by atoms with Crippen LogP contribution in [0.3, 0.4) is 0 Å². The molecule has 88 valence electrons. The van der Waals surface area contributed by atoms with E-state index in [1.807, 2.05) is 13.8 Å². The summed E-state index contributed by atoms with van der Waals surface area (Å²) >= 11 is 0. The molecule has 0 spiro atoms. The van der Waals surface area contributed by atoms with Crippen LogP contribution in [0.4, 0.5) is 0 Å². The third-order valence-corrected chi connectivity index (χ3v) is 5.18. The summed E-state index contributed by atoms with van der Waals surface area (Å²) in [7, 11) is -2.87. The summed E-state index contributed by atoms with van der Waals surface area (Å²) < 4.78 is 23.0. The Labute approximate surface area is 92.2 Å². The van der Waals surface area contributed by atoms with Gasteiger partial charge in [0.25, 0.3) is 0 Å². The standard InChI is InChI=1S/C11H20O3S/c1-3-7-15(13,14)8-6-10-4-5-11(12)9(10)2/h9-10H,3-8H2,1-2H3. The smallest absolute Gasteiger partial charge is 0.150 e. The molecule has 1 aliphatic carbocycles. The lowest BCUT2D eigenvalue weighted by atomic mass is 9.95. The molecule has 0 aromatic carbocycles. The minimum atomic E-state index is -2.87. The molecule has 0 amide bonds. The summed E-state index contributed by atoms with van der Waals surface area (Å²) in [6.07, 6.45) is 2.86. The third-order valence-electron chi connectivity index (χ3n) is 3.29. The SMILES string of the molecule is CCCS(=O)(=O)CCC1CCC(=O)C1C. The zero-order chi connectivity index (χ0) is 11.5. The molecule has 0 N–H and O–H groups in total. The van der Waals surface area contributed by atoms with Gasteiger partial charge in [-0.05, 0) is 25.2 Å². The molecule has 2 unspecified atom stereocenters. The molecule has 2 atom stereocenters. The summed E-state index contributed by atoms with van der Waals surface area (Å²) in [6.45, 7) is 3.80. The largest absolute Gasteiger partial charge is 0.299 e. The van der Waals surface area contributed by atoms with Crippen LogP contribution in [0.1, 0.15) is 39.5 Å². The molecule has 15 heavy (non-hydrogen) atoms. The maximum atomic E-state index is 11.5. The van der Waals surface area contributed by atoms with Crippen LogP contribution in [0.15, 0.2) is 0 Å². The molecule has 0 aliphatic heterocycles. The monoisotopic (exact) mass is 232 g/mol. The Morgan fingerprint density at radius 3 is 2.47 bits per heavy atom. The first-order valence-electron chi connectivity index (χ1n) is 5.69. The molecule has 3 nitrogen and oxygen atoms in total. The number of carbonyl (C=O) groups excluding carboxylic acids is 1. The zero-order valence-corrected chi connectivity index (χ0v) is 10.3. The van der Waals surface area contributed by atoms with E-state index in [4.69, 9.17) is 0 Å². The van der Waals surface area contributed by atoms with Crippen molar-refractivity contribution in [3.05, 3.63) is 0 Å². The van der Waals surface area contributed by atoms with Crippen LogP contribution in [0.5, 0.6) is 0 Å². The van der Waals surface area contributed by atoms with Crippen LogP contribution < -0.4 is 0 Å². The molecule has 1 rings (SSSR count). The number of rotatable bonds is 5. The van der Waals surface area contributed by atoms with Crippen LogP contribution in [-0.4, -0.2) is 25.7 Å². The Kier molecular flexibility index (Phi) is 4.32. The van der Waals surface area contributed by atoms with Crippen molar-refractivity contribution in [2.45, 2.75) is 39.5 Å². The minimum Gasteiger partial charge on any atom is -0.299 e. The van der Waals surface area contributed by atoms with Gasteiger partial charge in [-0.2, -0.15) is 0 Å². The van der Waals surface area contributed by atoms with Crippen molar-refractivity contribution < 1.29 is 13.2 Å². The molecule has 0 saturated heterocycles. The highest BCUT2D eigenvalue weighted by molar-refractivity contribution is 7.91. The summed E-state index contributed by atoms with van der Waals surface area (Å²) in [6, 6.07) is 0. The highest BCUT2D eigenvalue weighted by Crippen LogP contribution is 2.31. The van der Waals surface area contributed by atoms with Gasteiger partial charge in [0.05, 0.1) is 5.75 Å². The summed E-state index contributed by atoms with van der Waals surface area (Å²) in [5, 5.41) is 0. The van der Waals surface area contributed by atoms with Gasteiger partial charge in [0.2, 0.25) is 0 Å². The van der Waals surface area contributed by atoms with Crippen LogP contribution in [0, 0.1) is 11.8 Å². The van der Waals surface area contributed by atoms with Gasteiger partial charge in [0, 0.05) is 18.1 Å². The zero-order valence-electron chi connectivity index (χ0n) is 9.53. The molecule has 0 radical (unpaired) electrons. The minimum absolute atomic E-state index is 0.0711. The van der Waals surface area contributed by atoms with Crippen molar-refractivity contribution in [1.29, 1.82) is 0 Å². The predicted octanol–water partition coefficient (Wildman–Crippen LogP) is 1.82. The van der Waals surface area contributed by atoms with Crippen LogP contribution in [0.2, 0.25) is 0 Å². The molecule has 1 fully saturated rings. The van der Waals surface area contributed by atoms with Crippen molar-refractivity contribution in [1.82, 2.24) is 0 Å². The maximum Gasteiger partial charge on any atom is 0.150 e. The lowest BCUT2D eigenvalue weighted by Crippen LogP contribution is -2.17. The van der Waals surface area contributed by atoms with E-state index in [-0.39, 0.29) is 17.4 Å². The second-order valence-corrected chi connectivity index (χ2v) is 6.80. The van der Waals surface area contributed by atoms with Crippen molar-refractivity contribution in [2.75, 3.05) is 11.5 Å². The van der Waals surface area contributed by atoms with Gasteiger partial charge < -0.3 is 0 Å². The first-order chi connectivity index (χ1) is 6.96. The van der Waals surface area contributed by atoms with Crippen LogP contribution in [0.25, 0.3) is 0 Å². The van der Waals surface area contributed by atoms with E-state index >= 15 is 0 Å². The predicted molar refractivity (Wildman–Crippen MR) is 60.5 cm³/mol. The van der Waals surface area contributed by atoms with Crippen molar-refractivity contribution in [2.24, 2.45) is 11.8 Å². The van der Waals surface area contributed by atoms with E-state index in [2.05, 4.69) is 0 Å². The lowest BCUT2D eigenvalue weighted by Gasteiger charge is -2.13. The van der Waals surface area contributed by atoms with Crippen molar-refractivity contribution >= 4 is 15.6 Å². The van der Waals surface area contributed by atoms with Crippen molar-refractivity contribution in [3.8, 4) is 0 Å². The molecule has 0 heterocycles. The molecule has 0 aromatic rings. The maximum absolute atomic E-state index is 11.5. The van der Waals surface area contributed by atoms with Gasteiger partial charge in [-0.25, -0.2) is 8.42 Å². The number of sulfone groups is 1. The number of carbonyl (C=O) groups is 1. The Bertz CT molecular complexity index is 319. The highest BCUT2D eigenvalue weighted by Gasteiger charge is 2.31. The highest BCUT2D eigenvalue weighted by atomic mass is 32.2. The van der Waals surface area contributed by atoms with Gasteiger partial charge in [-0.1, -0.05) is 13.8 Å². The van der Waals surface area contributed by atoms with E-state index in [0.717, 1.165) is 6.42 Å². The number of hydrogen-bond acceptors (Lipinski definition) is 3. The second kappa shape index (κ2) is 5.10. The fourth-order valence-corrected chi connectivity index (χ4v) is 3.69. The van der Waals surface area contributed by atoms with E-state index in [1.165, 1.54) is 0 Å². The molecule has 0 aromatic heterocycles. The topological polar surface area (TPSA) is 51.2 Å². The summed E-state index contributed by atoms with van der Waals surface area (Å²) in [5.41, 5.74) is 0. The summed E-state index contributed by atoms with van der Waals surface area (Å²) in [5.74, 6) is 1.20. The Balaban J connectivity index is 2.41. The Morgan fingerprint density at radius 1 is 1.33 bits per heavy atom. The van der Waals surface area contributed by atoms with E-state index < -0.39 is 9.84 Å². The van der Waals surface area contributed by atoms with Crippen LogP contribution in [-0.2, 0) is 14.6 Å². The summed E-state index contributed by atoms with van der Waals surface area (Å²) in [4.78, 5) is 11.3. The fraction of sp³-hybridized carbons (Fsp3) is 0.909. The fourth-order valence-electron chi connectivity index (χ4n) is 2.21. The molecule has 4 heteroatoms. The van der Waals surface area contributed by atoms with Gasteiger partial charge >= 0.3 is 0 Å². The van der Waals surface area contributed by atoms with Crippen molar-refractivity contribution in [3.63, 3.8) is 0 Å². The van der Waals surface area contributed by atoms with Crippen LogP contribution >= 0.6 is 0 Å². The lowest BCUT2D eigenvalue weighted by molar-refractivity contribution is -0.120. The molecular weight excluding hydrogens is 212 g/mol. The number of ketones is 1. The Morgan fingerprint density at radius 2 is 2.00 bits per heavy atom. The van der Waals surface area contributed by atoms with Gasteiger partial charge in [0.15, 0.2) is 0 Å². The average Bonchev–Trinajstić information content (AvgIpc) is 2.45. The molecule has 1 aliphatic rings. The molecular formula is C11H20O3S. The second-order valence-electron chi connectivity index (χ2n) is 4.49.